The lowest BCUT2D eigenvalue weighted by atomic mass is 9.99. The lowest BCUT2D eigenvalue weighted by Gasteiger charge is -2.44. The molecule has 0 unspecified atom stereocenters. The van der Waals surface area contributed by atoms with E-state index in [-0.39, 0.29) is 29.2 Å². The zero-order valence-electron chi connectivity index (χ0n) is 24.4. The number of amides is 1. The number of alkyl halides is 3. The summed E-state index contributed by atoms with van der Waals surface area (Å²) >= 11 is 0. The minimum atomic E-state index is -4.95. The van der Waals surface area contributed by atoms with Crippen LogP contribution >= 0.6 is 0 Å². The molecule has 44 heavy (non-hydrogen) atoms. The topological polar surface area (TPSA) is 71.7 Å². The molecule has 12 heteroatoms. The van der Waals surface area contributed by atoms with Gasteiger partial charge in [-0.15, -0.1) is 0 Å². The van der Waals surface area contributed by atoms with E-state index in [2.05, 4.69) is 15.2 Å². The lowest BCUT2D eigenvalue weighted by molar-refractivity contribution is -0.138. The van der Waals surface area contributed by atoms with Crippen molar-refractivity contribution in [1.82, 2.24) is 14.8 Å². The van der Waals surface area contributed by atoms with Crippen LogP contribution in [0.1, 0.15) is 35.3 Å². The van der Waals surface area contributed by atoms with Gasteiger partial charge in [0.15, 0.2) is 0 Å². The van der Waals surface area contributed by atoms with Crippen LogP contribution in [-0.2, 0) is 12.7 Å². The molecule has 2 aliphatic heterocycles. The van der Waals surface area contributed by atoms with Crippen molar-refractivity contribution in [3.05, 3.63) is 106 Å². The second-order valence-electron chi connectivity index (χ2n) is 11.2. The molecule has 0 bridgehead atoms. The van der Waals surface area contributed by atoms with Gasteiger partial charge in [0, 0.05) is 62.3 Å². The summed E-state index contributed by atoms with van der Waals surface area (Å²) in [5, 5.41) is 2.58. The van der Waals surface area contributed by atoms with Crippen molar-refractivity contribution in [2.45, 2.75) is 38.7 Å². The largest absolute Gasteiger partial charge is 0.417 e. The first kappa shape index (κ1) is 31.0. The molecule has 2 N–H and O–H groups in total. The molecule has 3 heterocycles. The molecule has 0 saturated carbocycles. The fourth-order valence-electron chi connectivity index (χ4n) is 5.53. The number of piperazine rings is 1. The molecule has 3 aromatic rings. The molecule has 232 valence electrons. The lowest BCUT2D eigenvalue weighted by Crippen LogP contribution is -2.55. The van der Waals surface area contributed by atoms with Crippen LogP contribution in [0.15, 0.2) is 77.6 Å². The van der Waals surface area contributed by atoms with Gasteiger partial charge in [-0.05, 0) is 62.4 Å². The number of allylic oxidation sites excluding steroid dienone is 2. The van der Waals surface area contributed by atoms with E-state index in [0.29, 0.717) is 43.5 Å². The summed E-state index contributed by atoms with van der Waals surface area (Å²) in [5.74, 6) is -1.99. The summed E-state index contributed by atoms with van der Waals surface area (Å²) in [4.78, 5) is 33.1. The second-order valence-corrected chi connectivity index (χ2v) is 11.2. The van der Waals surface area contributed by atoms with Crippen molar-refractivity contribution in [1.29, 1.82) is 0 Å². The first-order chi connectivity index (χ1) is 20.8. The highest BCUT2D eigenvalue weighted by Gasteiger charge is 2.36. The number of carbonyl (C=O) groups is 1. The van der Waals surface area contributed by atoms with E-state index >= 15 is 4.39 Å². The summed E-state index contributed by atoms with van der Waals surface area (Å²) in [6.07, 6.45) is 0.210. The molecule has 7 nitrogen and oxygen atoms in total. The predicted octanol–water partition coefficient (Wildman–Crippen LogP) is 6.16. The van der Waals surface area contributed by atoms with Crippen LogP contribution in [0.5, 0.6) is 0 Å². The number of benzene rings is 2. The monoisotopic (exact) mass is 613 g/mol. The summed E-state index contributed by atoms with van der Waals surface area (Å²) in [6, 6.07) is 10.3. The maximum absolute atomic E-state index is 15.9. The standard InChI is InChI=1S/C32H32F5N5O2/c1-19-16-42(17-20(2)40(19)3)29-14-27(34)24(22-6-4-5-21(11-22)18-41-9-7-23(33)8-10-41)12-28(29)39-31(44)25-15-38-30(43)13-26(25)32(35,36)37/h4-9,11-15,19-20H,10,16-18H2,1-3H3,(H,38,43)(H,39,44)/t19-,20+. The Balaban J connectivity index is 1.55. The molecule has 0 radical (unpaired) electrons. The van der Waals surface area contributed by atoms with Gasteiger partial charge < -0.3 is 20.1 Å². The third-order valence-corrected chi connectivity index (χ3v) is 8.10. The molecule has 5 rings (SSSR count). The molecule has 1 aromatic heterocycles. The van der Waals surface area contributed by atoms with Crippen molar-refractivity contribution >= 4 is 17.3 Å². The van der Waals surface area contributed by atoms with Crippen LogP contribution in [0.3, 0.4) is 0 Å². The van der Waals surface area contributed by atoms with Gasteiger partial charge in [-0.1, -0.05) is 18.2 Å². The SMILES string of the molecule is C[C@@H]1CN(c2cc(F)c(-c3cccc(CN4C=CC(F)=CC4)c3)cc2NC(=O)c2c[nH]c(=O)cc2C(F)(F)F)C[C@H](C)N1C. The van der Waals surface area contributed by atoms with Gasteiger partial charge >= 0.3 is 6.18 Å². The number of nitrogens with one attached hydrogen (secondary N) is 2. The fourth-order valence-corrected chi connectivity index (χ4v) is 5.53. The van der Waals surface area contributed by atoms with Crippen molar-refractivity contribution < 1.29 is 26.7 Å². The van der Waals surface area contributed by atoms with Crippen LogP contribution in [-0.4, -0.2) is 59.5 Å². The minimum absolute atomic E-state index is 0.0740. The molecule has 1 saturated heterocycles. The summed E-state index contributed by atoms with van der Waals surface area (Å²) < 4.78 is 70.6. The van der Waals surface area contributed by atoms with Crippen LogP contribution < -0.4 is 15.8 Å². The molecular formula is C32H32F5N5O2. The number of pyridine rings is 1. The Morgan fingerprint density at radius 2 is 1.80 bits per heavy atom. The van der Waals surface area contributed by atoms with E-state index < -0.39 is 34.6 Å². The Morgan fingerprint density at radius 1 is 1.07 bits per heavy atom. The average Bonchev–Trinajstić information content (AvgIpc) is 2.97. The van der Waals surface area contributed by atoms with Crippen LogP contribution in [0.25, 0.3) is 11.1 Å². The Morgan fingerprint density at radius 3 is 2.45 bits per heavy atom. The average molecular weight is 614 g/mol. The third-order valence-electron chi connectivity index (χ3n) is 8.10. The van der Waals surface area contributed by atoms with Crippen molar-refractivity contribution in [2.75, 3.05) is 36.9 Å². The maximum atomic E-state index is 15.9. The zero-order valence-corrected chi connectivity index (χ0v) is 24.4. The molecule has 2 atom stereocenters. The highest BCUT2D eigenvalue weighted by Crippen LogP contribution is 2.37. The molecule has 1 fully saturated rings. The van der Waals surface area contributed by atoms with Crippen LogP contribution in [0, 0.1) is 5.82 Å². The number of likely N-dealkylation sites (N-methyl/N-ethyl adjacent to an activating group) is 1. The minimum Gasteiger partial charge on any atom is -0.369 e. The Bertz CT molecular complexity index is 1670. The number of halogens is 5. The number of hydrogen-bond acceptors (Lipinski definition) is 5. The van der Waals surface area contributed by atoms with Crippen molar-refractivity contribution in [3.63, 3.8) is 0 Å². The highest BCUT2D eigenvalue weighted by molar-refractivity contribution is 6.07. The van der Waals surface area contributed by atoms with Gasteiger partial charge in [0.25, 0.3) is 5.91 Å². The van der Waals surface area contributed by atoms with E-state index in [1.54, 1.807) is 24.4 Å². The van der Waals surface area contributed by atoms with E-state index in [1.807, 2.05) is 36.8 Å². The Labute approximate surface area is 251 Å². The number of H-pyrrole nitrogens is 1. The maximum Gasteiger partial charge on any atom is 0.417 e. The number of aromatic nitrogens is 1. The quantitative estimate of drug-likeness (QED) is 0.326. The zero-order chi connectivity index (χ0) is 31.8. The number of aromatic amines is 1. The number of rotatable bonds is 6. The molecule has 2 aromatic carbocycles. The van der Waals surface area contributed by atoms with Gasteiger partial charge in [-0.3, -0.25) is 14.5 Å². The predicted molar refractivity (Wildman–Crippen MR) is 159 cm³/mol. The molecular weight excluding hydrogens is 581 g/mol. The molecule has 0 spiro atoms. The van der Waals surface area contributed by atoms with Gasteiger partial charge in [0.2, 0.25) is 5.56 Å². The second kappa shape index (κ2) is 12.3. The van der Waals surface area contributed by atoms with Gasteiger partial charge in [0.05, 0.1) is 22.5 Å². The van der Waals surface area contributed by atoms with E-state index in [4.69, 9.17) is 0 Å². The third kappa shape index (κ3) is 6.70. The first-order valence-electron chi connectivity index (χ1n) is 14.1. The number of nitrogens with zero attached hydrogens (tertiary/aromatic N) is 3. The number of hydrogen-bond donors (Lipinski definition) is 2. The van der Waals surface area contributed by atoms with Gasteiger partial charge in [-0.2, -0.15) is 13.2 Å². The molecule has 0 aliphatic carbocycles. The fraction of sp³-hybridized carbons (Fsp3) is 0.312. The normalized spacial score (nSPS) is 19.2. The van der Waals surface area contributed by atoms with Crippen molar-refractivity contribution in [2.24, 2.45) is 0 Å². The number of carbonyl (C=O) groups excluding carboxylic acids is 1. The van der Waals surface area contributed by atoms with Crippen molar-refractivity contribution in [3.8, 4) is 11.1 Å². The summed E-state index contributed by atoms with van der Waals surface area (Å²) in [7, 11) is 1.98. The van der Waals surface area contributed by atoms with Gasteiger partial charge in [-0.25, -0.2) is 8.78 Å². The number of anilines is 2. The molecule has 1 amide bonds. The highest BCUT2D eigenvalue weighted by atomic mass is 19.4. The smallest absolute Gasteiger partial charge is 0.369 e. The summed E-state index contributed by atoms with van der Waals surface area (Å²) in [6.45, 7) is 5.80. The van der Waals surface area contributed by atoms with Crippen LogP contribution in [0.2, 0.25) is 0 Å². The first-order valence-corrected chi connectivity index (χ1v) is 14.1. The van der Waals surface area contributed by atoms with E-state index in [0.717, 1.165) is 11.8 Å². The van der Waals surface area contributed by atoms with E-state index in [9.17, 15) is 27.2 Å². The van der Waals surface area contributed by atoms with Crippen LogP contribution in [0.4, 0.5) is 33.3 Å². The van der Waals surface area contributed by atoms with Gasteiger partial charge in [0.1, 0.15) is 11.6 Å². The summed E-state index contributed by atoms with van der Waals surface area (Å²) in [5.41, 5.74) is -1.24. The Hall–Kier alpha value is -4.45. The Kier molecular flexibility index (Phi) is 8.64. The van der Waals surface area contributed by atoms with E-state index in [1.165, 1.54) is 24.3 Å². The molecule has 2 aliphatic rings.